The van der Waals surface area contributed by atoms with Crippen molar-refractivity contribution in [3.05, 3.63) is 0 Å². The van der Waals surface area contributed by atoms with Crippen LogP contribution in [0.1, 0.15) is 149 Å². The van der Waals surface area contributed by atoms with E-state index in [1.807, 2.05) is 0 Å². The lowest BCUT2D eigenvalue weighted by Gasteiger charge is -2.42. The zero-order valence-electron chi connectivity index (χ0n) is 33.2. The van der Waals surface area contributed by atoms with Gasteiger partial charge >= 0.3 is 5.97 Å². The largest absolute Gasteiger partial charge is 0.457 e. The van der Waals surface area contributed by atoms with Crippen molar-refractivity contribution < 1.29 is 69.0 Å². The van der Waals surface area contributed by atoms with Crippen molar-refractivity contribution in [2.45, 2.75) is 216 Å². The molecule has 0 amide bonds. The Hall–Kier alpha value is -1.01. The molecule has 0 aliphatic carbocycles. The lowest BCUT2D eigenvalue weighted by atomic mass is 9.98. The van der Waals surface area contributed by atoms with E-state index in [1.165, 1.54) is 83.5 Å². The van der Waals surface area contributed by atoms with Crippen LogP contribution in [0, 0.1) is 0 Å². The van der Waals surface area contributed by atoms with Gasteiger partial charge in [0.1, 0.15) is 54.9 Å². The van der Waals surface area contributed by atoms with Gasteiger partial charge in [0.25, 0.3) is 0 Å². The van der Waals surface area contributed by atoms with E-state index in [4.69, 9.17) is 28.4 Å². The van der Waals surface area contributed by atoms with E-state index >= 15 is 0 Å². The van der Waals surface area contributed by atoms with Crippen LogP contribution in [0.5, 0.6) is 0 Å². The van der Waals surface area contributed by atoms with Gasteiger partial charge in [-0.1, -0.05) is 129 Å². The maximum Gasteiger partial charge on any atom is 0.306 e. The monoisotopic (exact) mass is 781 g/mol. The minimum Gasteiger partial charge on any atom is -0.457 e. The van der Waals surface area contributed by atoms with Crippen LogP contribution in [0.2, 0.25) is 0 Å². The number of carbonyl (C=O) groups excluding carboxylic acids is 1. The second kappa shape index (κ2) is 30.1. The Balaban J connectivity index is 1.74. The Kier molecular flexibility index (Phi) is 27.4. The molecule has 0 radical (unpaired) electrons. The third-order valence-corrected chi connectivity index (χ3v) is 10.4. The summed E-state index contributed by atoms with van der Waals surface area (Å²) >= 11 is 0. The molecule has 0 aromatic heterocycles. The summed E-state index contributed by atoms with van der Waals surface area (Å²) in [6.07, 6.45) is 8.23. The minimum absolute atomic E-state index is 0.0665. The average Bonchev–Trinajstić information content (AvgIpc) is 3.17. The molecule has 2 saturated heterocycles. The Morgan fingerprint density at radius 2 is 0.981 bits per heavy atom. The number of hydrogen-bond donors (Lipinski definition) is 7. The second-order valence-corrected chi connectivity index (χ2v) is 15.2. The van der Waals surface area contributed by atoms with Crippen molar-refractivity contribution in [2.75, 3.05) is 33.0 Å². The summed E-state index contributed by atoms with van der Waals surface area (Å²) in [5, 5.41) is 71.5. The molecule has 11 unspecified atom stereocenters. The smallest absolute Gasteiger partial charge is 0.306 e. The van der Waals surface area contributed by atoms with E-state index in [9.17, 15) is 40.5 Å². The number of esters is 1. The fourth-order valence-corrected chi connectivity index (χ4v) is 6.81. The molecular weight excluding hydrogens is 704 g/mol. The molecule has 2 fully saturated rings. The van der Waals surface area contributed by atoms with E-state index in [0.29, 0.717) is 13.0 Å². The quantitative estimate of drug-likeness (QED) is 0.0383. The van der Waals surface area contributed by atoms with E-state index in [0.717, 1.165) is 38.5 Å². The maximum absolute atomic E-state index is 12.6. The molecule has 0 aromatic carbocycles. The molecule has 0 bridgehead atoms. The SMILES string of the molecule is CCCCCCCCCCCCCCCCCCOCC(COC1OC(COC2OC(CO)C(O)C(O)C2O)C(O)C(O)C1O)OC(=O)CCCCCC. The normalized spacial score (nSPS) is 29.4. The Morgan fingerprint density at radius 1 is 0.537 bits per heavy atom. The summed E-state index contributed by atoms with van der Waals surface area (Å²) in [5.74, 6) is -0.392. The van der Waals surface area contributed by atoms with Crippen LogP contribution in [-0.4, -0.2) is 142 Å². The number of aliphatic hydroxyl groups is 7. The van der Waals surface area contributed by atoms with Crippen LogP contribution >= 0.6 is 0 Å². The highest BCUT2D eigenvalue weighted by Crippen LogP contribution is 2.26. The van der Waals surface area contributed by atoms with Crippen LogP contribution < -0.4 is 0 Å². The van der Waals surface area contributed by atoms with Gasteiger partial charge in [-0.3, -0.25) is 4.79 Å². The van der Waals surface area contributed by atoms with E-state index in [2.05, 4.69) is 13.8 Å². The summed E-state index contributed by atoms with van der Waals surface area (Å²) in [5.41, 5.74) is 0. The topological polar surface area (TPSA) is 214 Å². The Morgan fingerprint density at radius 3 is 1.50 bits per heavy atom. The van der Waals surface area contributed by atoms with E-state index in [1.54, 1.807) is 0 Å². The van der Waals surface area contributed by atoms with Gasteiger partial charge < -0.3 is 64.2 Å². The molecule has 0 saturated carbocycles. The molecule has 0 aromatic rings. The molecule has 2 rings (SSSR count). The summed E-state index contributed by atoms with van der Waals surface area (Å²) in [4.78, 5) is 12.6. The molecule has 2 aliphatic rings. The number of hydrogen-bond acceptors (Lipinski definition) is 14. The van der Waals surface area contributed by atoms with Gasteiger partial charge in [-0.2, -0.15) is 0 Å². The molecule has 54 heavy (non-hydrogen) atoms. The van der Waals surface area contributed by atoms with Crippen LogP contribution in [0.25, 0.3) is 0 Å². The van der Waals surface area contributed by atoms with Crippen molar-refractivity contribution in [3.8, 4) is 0 Å². The Labute approximate surface area is 323 Å². The van der Waals surface area contributed by atoms with Gasteiger partial charge in [-0.25, -0.2) is 0 Å². The van der Waals surface area contributed by atoms with Crippen LogP contribution in [0.4, 0.5) is 0 Å². The summed E-state index contributed by atoms with van der Waals surface area (Å²) < 4.78 is 33.8. The van der Waals surface area contributed by atoms with Crippen molar-refractivity contribution >= 4 is 5.97 Å². The van der Waals surface area contributed by atoms with Crippen molar-refractivity contribution in [1.82, 2.24) is 0 Å². The van der Waals surface area contributed by atoms with E-state index < -0.39 is 86.7 Å². The first kappa shape index (κ1) is 49.1. The summed E-state index contributed by atoms with van der Waals surface area (Å²) in [6, 6.07) is 0. The molecule has 11 atom stereocenters. The summed E-state index contributed by atoms with van der Waals surface area (Å²) in [6.45, 7) is 3.56. The number of rotatable bonds is 32. The van der Waals surface area contributed by atoms with Crippen molar-refractivity contribution in [2.24, 2.45) is 0 Å². The molecule has 14 nitrogen and oxygen atoms in total. The van der Waals surface area contributed by atoms with Gasteiger partial charge in [0.15, 0.2) is 12.6 Å². The number of ether oxygens (including phenoxy) is 6. The van der Waals surface area contributed by atoms with E-state index in [-0.39, 0.29) is 19.6 Å². The zero-order valence-corrected chi connectivity index (χ0v) is 33.2. The number of unbranched alkanes of at least 4 members (excludes halogenated alkanes) is 18. The van der Waals surface area contributed by atoms with Crippen LogP contribution in [0.3, 0.4) is 0 Å². The maximum atomic E-state index is 12.6. The Bertz CT molecular complexity index is 912. The molecule has 2 aliphatic heterocycles. The first-order valence-corrected chi connectivity index (χ1v) is 21.1. The highest BCUT2D eigenvalue weighted by molar-refractivity contribution is 5.69. The third-order valence-electron chi connectivity index (χ3n) is 10.4. The van der Waals surface area contributed by atoms with Gasteiger partial charge in [-0.05, 0) is 12.8 Å². The molecular formula is C40H76O14. The fraction of sp³-hybridized carbons (Fsp3) is 0.975. The van der Waals surface area contributed by atoms with Gasteiger partial charge in [-0.15, -0.1) is 0 Å². The molecule has 0 spiro atoms. The lowest BCUT2D eigenvalue weighted by molar-refractivity contribution is -0.332. The van der Waals surface area contributed by atoms with Crippen LogP contribution in [-0.2, 0) is 33.2 Å². The predicted molar refractivity (Wildman–Crippen MR) is 201 cm³/mol. The number of aliphatic hydroxyl groups excluding tert-OH is 7. The molecule has 14 heteroatoms. The molecule has 320 valence electrons. The van der Waals surface area contributed by atoms with Gasteiger partial charge in [0.2, 0.25) is 0 Å². The average molecular weight is 781 g/mol. The standard InChI is InChI=1S/C40H76O14/c1-3-5-7-9-10-11-12-13-14-15-16-17-18-19-20-22-24-49-26-29(52-32(42)23-21-8-6-4-2)27-50-39-38(48)36(46)34(44)31(54-39)28-51-40-37(47)35(45)33(43)30(25-41)53-40/h29-31,33-41,43-48H,3-28H2,1-2H3. The van der Waals surface area contributed by atoms with Gasteiger partial charge in [0, 0.05) is 13.0 Å². The first-order valence-electron chi connectivity index (χ1n) is 21.1. The first-order chi connectivity index (χ1) is 26.1. The molecule has 7 N–H and O–H groups in total. The number of carbonyl (C=O) groups is 1. The highest BCUT2D eigenvalue weighted by Gasteiger charge is 2.47. The van der Waals surface area contributed by atoms with Crippen LogP contribution in [0.15, 0.2) is 0 Å². The van der Waals surface area contributed by atoms with Crippen molar-refractivity contribution in [1.29, 1.82) is 0 Å². The zero-order chi connectivity index (χ0) is 39.6. The van der Waals surface area contributed by atoms with Crippen molar-refractivity contribution in [3.63, 3.8) is 0 Å². The minimum atomic E-state index is -1.70. The lowest BCUT2D eigenvalue weighted by Crippen LogP contribution is -2.61. The second-order valence-electron chi connectivity index (χ2n) is 15.2. The fourth-order valence-electron chi connectivity index (χ4n) is 6.81. The third kappa shape index (κ3) is 19.4. The highest BCUT2D eigenvalue weighted by atomic mass is 16.7. The molecule has 2 heterocycles. The predicted octanol–water partition coefficient (Wildman–Crippen LogP) is 3.79. The summed E-state index contributed by atoms with van der Waals surface area (Å²) in [7, 11) is 0. The van der Waals surface area contributed by atoms with Gasteiger partial charge in [0.05, 0.1) is 26.4 Å².